The van der Waals surface area contributed by atoms with E-state index in [1.165, 1.54) is 0 Å². The van der Waals surface area contributed by atoms with Crippen LogP contribution in [-0.2, 0) is 9.53 Å². The number of carbonyl (C=O) groups is 2. The van der Waals surface area contributed by atoms with Crippen LogP contribution in [0.15, 0.2) is 42.6 Å². The van der Waals surface area contributed by atoms with Crippen molar-refractivity contribution in [2.24, 2.45) is 0 Å². The number of H-pyrrole nitrogens is 1. The quantitative estimate of drug-likeness (QED) is 0.884. The van der Waals surface area contributed by atoms with Gasteiger partial charge in [0.25, 0.3) is 5.91 Å². The van der Waals surface area contributed by atoms with Gasteiger partial charge in [0, 0.05) is 31.1 Å². The molecule has 2 aromatic rings. The van der Waals surface area contributed by atoms with E-state index < -0.39 is 17.9 Å². The average molecular weight is 314 g/mol. The van der Waals surface area contributed by atoms with Gasteiger partial charge in [-0.05, 0) is 23.8 Å². The number of aromatic amines is 1. The molecule has 1 aliphatic rings. The lowest BCUT2D eigenvalue weighted by molar-refractivity contribution is -0.140. The van der Waals surface area contributed by atoms with Crippen molar-refractivity contribution >= 4 is 11.9 Å². The van der Waals surface area contributed by atoms with Crippen molar-refractivity contribution in [2.45, 2.75) is 12.0 Å². The van der Waals surface area contributed by atoms with Crippen LogP contribution in [0.1, 0.15) is 33.6 Å². The number of nitrogens with zero attached hydrogens (tertiary/aromatic N) is 1. The van der Waals surface area contributed by atoms with E-state index in [-0.39, 0.29) is 5.91 Å². The number of aliphatic carboxylic acids is 1. The first kappa shape index (κ1) is 15.3. The van der Waals surface area contributed by atoms with Crippen molar-refractivity contribution in [3.8, 4) is 0 Å². The van der Waals surface area contributed by atoms with E-state index in [4.69, 9.17) is 4.74 Å². The van der Waals surface area contributed by atoms with Crippen molar-refractivity contribution in [2.75, 3.05) is 20.3 Å². The highest BCUT2D eigenvalue weighted by Gasteiger charge is 2.44. The van der Waals surface area contributed by atoms with Gasteiger partial charge in [-0.15, -0.1) is 0 Å². The average Bonchev–Trinajstić information content (AvgIpc) is 3.07. The van der Waals surface area contributed by atoms with Crippen LogP contribution in [0.5, 0.6) is 0 Å². The third-order valence-corrected chi connectivity index (χ3v) is 4.18. The molecule has 0 saturated heterocycles. The molecule has 0 fully saturated rings. The smallest absolute Gasteiger partial charge is 0.313 e. The molecule has 0 aliphatic carbocycles. The van der Waals surface area contributed by atoms with Crippen LogP contribution in [0, 0.1) is 0 Å². The predicted molar refractivity (Wildman–Crippen MR) is 83.3 cm³/mol. The second-order valence-corrected chi connectivity index (χ2v) is 5.46. The molecule has 120 valence electrons. The summed E-state index contributed by atoms with van der Waals surface area (Å²) in [5.41, 5.74) is 1.70. The maximum Gasteiger partial charge on any atom is 0.313 e. The van der Waals surface area contributed by atoms with E-state index in [9.17, 15) is 14.7 Å². The minimum absolute atomic E-state index is 0.172. The van der Waals surface area contributed by atoms with Crippen molar-refractivity contribution < 1.29 is 19.4 Å². The second kappa shape index (κ2) is 6.26. The number of methoxy groups -OCH3 is 1. The van der Waals surface area contributed by atoms with Crippen LogP contribution in [0.3, 0.4) is 0 Å². The lowest BCUT2D eigenvalue weighted by Gasteiger charge is -2.40. The minimum Gasteiger partial charge on any atom is -0.481 e. The first-order chi connectivity index (χ1) is 11.1. The van der Waals surface area contributed by atoms with Gasteiger partial charge >= 0.3 is 5.97 Å². The largest absolute Gasteiger partial charge is 0.481 e. The highest BCUT2D eigenvalue weighted by Crippen LogP contribution is 2.42. The highest BCUT2D eigenvalue weighted by atomic mass is 16.5. The molecule has 6 heteroatoms. The third-order valence-electron chi connectivity index (χ3n) is 4.18. The maximum absolute atomic E-state index is 12.9. The summed E-state index contributed by atoms with van der Waals surface area (Å²) in [6.45, 7) is 0.675. The molecule has 3 rings (SSSR count). The SMILES string of the molecule is COCCN1C(=O)c2ccccc2C(C(=O)O)C1c1ccc[nH]1. The zero-order valence-electron chi connectivity index (χ0n) is 12.7. The number of carbonyl (C=O) groups excluding carboxylic acids is 1. The van der Waals surface area contributed by atoms with Gasteiger partial charge in [0.1, 0.15) is 5.92 Å². The van der Waals surface area contributed by atoms with E-state index >= 15 is 0 Å². The van der Waals surface area contributed by atoms with Gasteiger partial charge in [0.15, 0.2) is 0 Å². The Bertz CT molecular complexity index is 711. The highest BCUT2D eigenvalue weighted by molar-refractivity contribution is 6.00. The molecule has 2 N–H and O–H groups in total. The van der Waals surface area contributed by atoms with Crippen LogP contribution >= 0.6 is 0 Å². The zero-order chi connectivity index (χ0) is 16.4. The van der Waals surface area contributed by atoms with Crippen molar-refractivity contribution in [3.05, 3.63) is 59.4 Å². The molecule has 2 heterocycles. The number of carboxylic acid groups (broad SMARTS) is 1. The van der Waals surface area contributed by atoms with Gasteiger partial charge in [-0.1, -0.05) is 18.2 Å². The summed E-state index contributed by atoms with van der Waals surface area (Å²) in [6, 6.07) is 9.93. The van der Waals surface area contributed by atoms with Gasteiger partial charge in [0.05, 0.1) is 12.6 Å². The Balaban J connectivity index is 2.15. The third kappa shape index (κ3) is 2.61. The van der Waals surface area contributed by atoms with Gasteiger partial charge in [-0.25, -0.2) is 0 Å². The molecule has 2 unspecified atom stereocenters. The number of hydrogen-bond acceptors (Lipinski definition) is 3. The number of amides is 1. The summed E-state index contributed by atoms with van der Waals surface area (Å²) in [7, 11) is 1.56. The lowest BCUT2D eigenvalue weighted by atomic mass is 9.81. The Morgan fingerprint density at radius 3 is 2.74 bits per heavy atom. The predicted octanol–water partition coefficient (Wildman–Crippen LogP) is 2.03. The van der Waals surface area contributed by atoms with Crippen molar-refractivity contribution in [1.82, 2.24) is 9.88 Å². The Kier molecular flexibility index (Phi) is 4.16. The molecule has 0 bridgehead atoms. The number of fused-ring (bicyclic) bond motifs is 1. The molecule has 23 heavy (non-hydrogen) atoms. The summed E-state index contributed by atoms with van der Waals surface area (Å²) in [4.78, 5) is 29.5. The lowest BCUT2D eigenvalue weighted by Crippen LogP contribution is -2.46. The molecule has 6 nitrogen and oxygen atoms in total. The Morgan fingerprint density at radius 2 is 2.09 bits per heavy atom. The summed E-state index contributed by atoms with van der Waals surface area (Å²) in [5.74, 6) is -1.94. The molecule has 2 atom stereocenters. The zero-order valence-corrected chi connectivity index (χ0v) is 12.7. The van der Waals surface area contributed by atoms with Crippen LogP contribution in [0.25, 0.3) is 0 Å². The molecule has 1 aromatic heterocycles. The van der Waals surface area contributed by atoms with E-state index in [0.717, 1.165) is 0 Å². The molecule has 0 radical (unpaired) electrons. The first-order valence-corrected chi connectivity index (χ1v) is 7.40. The second-order valence-electron chi connectivity index (χ2n) is 5.46. The van der Waals surface area contributed by atoms with Crippen LogP contribution in [0.4, 0.5) is 0 Å². The van der Waals surface area contributed by atoms with Crippen LogP contribution in [0.2, 0.25) is 0 Å². The van der Waals surface area contributed by atoms with E-state index in [2.05, 4.69) is 4.98 Å². The molecule has 1 aliphatic heterocycles. The van der Waals surface area contributed by atoms with Gasteiger partial charge in [0.2, 0.25) is 0 Å². The van der Waals surface area contributed by atoms with E-state index in [1.807, 2.05) is 6.07 Å². The number of benzene rings is 1. The summed E-state index contributed by atoms with van der Waals surface area (Å²) < 4.78 is 5.09. The number of hydrogen-bond donors (Lipinski definition) is 2. The molecule has 0 saturated carbocycles. The topological polar surface area (TPSA) is 82.6 Å². The normalized spacial score (nSPS) is 20.4. The number of aromatic nitrogens is 1. The Hall–Kier alpha value is -2.60. The maximum atomic E-state index is 12.9. The standard InChI is InChI=1S/C17H18N2O4/c1-23-10-9-19-15(13-7-4-8-18-13)14(17(21)22)11-5-2-3-6-12(11)16(19)20/h2-8,14-15,18H,9-10H2,1H3,(H,21,22). The van der Waals surface area contributed by atoms with E-state index in [1.54, 1.807) is 48.5 Å². The number of nitrogens with one attached hydrogen (secondary N) is 1. The summed E-state index contributed by atoms with van der Waals surface area (Å²) >= 11 is 0. The van der Waals surface area contributed by atoms with Crippen molar-refractivity contribution in [3.63, 3.8) is 0 Å². The molecule has 1 amide bonds. The Morgan fingerprint density at radius 1 is 1.30 bits per heavy atom. The summed E-state index contributed by atoms with van der Waals surface area (Å²) in [6.07, 6.45) is 1.73. The molecular formula is C17H18N2O4. The summed E-state index contributed by atoms with van der Waals surface area (Å²) in [5, 5.41) is 9.80. The molecule has 1 aromatic carbocycles. The van der Waals surface area contributed by atoms with Crippen LogP contribution < -0.4 is 0 Å². The van der Waals surface area contributed by atoms with Crippen molar-refractivity contribution in [1.29, 1.82) is 0 Å². The number of ether oxygens (including phenoxy) is 1. The number of carboxylic acids is 1. The minimum atomic E-state index is -0.952. The first-order valence-electron chi connectivity index (χ1n) is 7.40. The van der Waals surface area contributed by atoms with E-state index in [0.29, 0.717) is 30.0 Å². The Labute approximate surface area is 133 Å². The van der Waals surface area contributed by atoms with Gasteiger partial charge < -0.3 is 19.7 Å². The fourth-order valence-electron chi connectivity index (χ4n) is 3.17. The fraction of sp³-hybridized carbons (Fsp3) is 0.294. The van der Waals surface area contributed by atoms with Gasteiger partial charge in [-0.2, -0.15) is 0 Å². The van der Waals surface area contributed by atoms with Gasteiger partial charge in [-0.3, -0.25) is 9.59 Å². The van der Waals surface area contributed by atoms with Crippen LogP contribution in [-0.4, -0.2) is 47.1 Å². The fourth-order valence-corrected chi connectivity index (χ4v) is 3.17. The number of rotatable bonds is 5. The monoisotopic (exact) mass is 314 g/mol. The molecule has 0 spiro atoms. The molecular weight excluding hydrogens is 296 g/mol.